The number of carbonyl (C=O) groups excluding carboxylic acids is 1. The summed E-state index contributed by atoms with van der Waals surface area (Å²) in [6.45, 7) is 9.20. The zero-order valence-electron chi connectivity index (χ0n) is 16.0. The third-order valence-corrected chi connectivity index (χ3v) is 6.02. The molecule has 2 heterocycles. The Morgan fingerprint density at radius 2 is 1.85 bits per heavy atom. The van der Waals surface area contributed by atoms with Crippen molar-refractivity contribution in [2.75, 3.05) is 39.3 Å². The molecule has 0 aromatic heterocycles. The van der Waals surface area contributed by atoms with Crippen molar-refractivity contribution >= 4 is 5.91 Å². The molecular formula is C21H32N4O+2. The van der Waals surface area contributed by atoms with Gasteiger partial charge in [0, 0.05) is 18.2 Å². The lowest BCUT2D eigenvalue weighted by Gasteiger charge is -2.36. The van der Waals surface area contributed by atoms with Crippen LogP contribution in [0.1, 0.15) is 43.7 Å². The molecule has 1 aromatic rings. The van der Waals surface area contributed by atoms with E-state index in [9.17, 15) is 4.79 Å². The standard InChI is InChI=1S/C21H30N4O/c1-2-20-5-3-4-10-25(20)21(26)17-24-13-11-23(12-14-24)16-19-8-6-18(15-22)7-9-19/h6-9,20H,2-5,10-14,16-17H2,1H3/p+2/t20-/m1/s1. The van der Waals surface area contributed by atoms with Gasteiger partial charge in [-0.25, -0.2) is 0 Å². The van der Waals surface area contributed by atoms with Gasteiger partial charge < -0.3 is 14.7 Å². The minimum Gasteiger partial charge on any atom is -0.335 e. The Labute approximate surface area is 157 Å². The number of nitriles is 1. The molecule has 0 aliphatic carbocycles. The topological polar surface area (TPSA) is 53.0 Å². The molecule has 140 valence electrons. The molecule has 2 aliphatic rings. The van der Waals surface area contributed by atoms with Crippen LogP contribution >= 0.6 is 0 Å². The van der Waals surface area contributed by atoms with Gasteiger partial charge in [0.25, 0.3) is 5.91 Å². The molecule has 0 bridgehead atoms. The van der Waals surface area contributed by atoms with E-state index in [0.717, 1.165) is 51.3 Å². The Morgan fingerprint density at radius 1 is 1.15 bits per heavy atom. The van der Waals surface area contributed by atoms with Gasteiger partial charge in [-0.2, -0.15) is 5.26 Å². The van der Waals surface area contributed by atoms with Gasteiger partial charge in [-0.05, 0) is 37.8 Å². The summed E-state index contributed by atoms with van der Waals surface area (Å²) in [5.41, 5.74) is 2.01. The van der Waals surface area contributed by atoms with Gasteiger partial charge in [0.1, 0.15) is 32.7 Å². The van der Waals surface area contributed by atoms with Crippen LogP contribution in [-0.2, 0) is 11.3 Å². The molecule has 26 heavy (non-hydrogen) atoms. The summed E-state index contributed by atoms with van der Waals surface area (Å²) in [7, 11) is 0. The molecule has 2 aliphatic heterocycles. The van der Waals surface area contributed by atoms with E-state index in [1.165, 1.54) is 29.7 Å². The highest BCUT2D eigenvalue weighted by Gasteiger charge is 2.30. The Balaban J connectivity index is 1.44. The number of nitrogens with one attached hydrogen (secondary N) is 2. The minimum absolute atomic E-state index is 0.363. The predicted molar refractivity (Wildman–Crippen MR) is 101 cm³/mol. The minimum atomic E-state index is 0.363. The zero-order valence-corrected chi connectivity index (χ0v) is 16.0. The van der Waals surface area contributed by atoms with Crippen LogP contribution in [0.4, 0.5) is 0 Å². The number of benzene rings is 1. The van der Waals surface area contributed by atoms with Gasteiger partial charge in [0.05, 0.1) is 11.6 Å². The largest absolute Gasteiger partial charge is 0.335 e. The first-order valence-corrected chi connectivity index (χ1v) is 10.1. The van der Waals surface area contributed by atoms with E-state index in [-0.39, 0.29) is 0 Å². The molecule has 0 saturated carbocycles. The van der Waals surface area contributed by atoms with E-state index in [1.54, 1.807) is 4.90 Å². The van der Waals surface area contributed by atoms with Crippen molar-refractivity contribution in [3.05, 3.63) is 35.4 Å². The zero-order chi connectivity index (χ0) is 18.4. The van der Waals surface area contributed by atoms with Gasteiger partial charge >= 0.3 is 0 Å². The Hall–Kier alpha value is -1.90. The van der Waals surface area contributed by atoms with Crippen molar-refractivity contribution in [1.82, 2.24) is 4.90 Å². The molecule has 3 rings (SSSR count). The monoisotopic (exact) mass is 356 g/mol. The molecule has 0 radical (unpaired) electrons. The van der Waals surface area contributed by atoms with Crippen LogP contribution in [0.3, 0.4) is 0 Å². The molecule has 1 amide bonds. The molecule has 2 saturated heterocycles. The van der Waals surface area contributed by atoms with Gasteiger partial charge in [-0.15, -0.1) is 0 Å². The normalized spacial score (nSPS) is 26.3. The summed E-state index contributed by atoms with van der Waals surface area (Å²) < 4.78 is 0. The number of carbonyl (C=O) groups is 1. The van der Waals surface area contributed by atoms with E-state index >= 15 is 0 Å². The first-order valence-electron chi connectivity index (χ1n) is 10.1. The molecule has 0 spiro atoms. The van der Waals surface area contributed by atoms with Crippen molar-refractivity contribution < 1.29 is 14.6 Å². The predicted octanol–water partition coefficient (Wildman–Crippen LogP) is -0.367. The quantitative estimate of drug-likeness (QED) is 0.757. The van der Waals surface area contributed by atoms with Gasteiger partial charge in [-0.3, -0.25) is 4.79 Å². The van der Waals surface area contributed by atoms with Crippen molar-refractivity contribution in [1.29, 1.82) is 5.26 Å². The number of quaternary nitrogens is 2. The SMILES string of the molecule is CC[C@@H]1CCCCN1C(=O)C[NH+]1CC[NH+](Cc2ccc(C#N)cc2)CC1. The van der Waals surface area contributed by atoms with Crippen LogP contribution in [0, 0.1) is 11.3 Å². The van der Waals surface area contributed by atoms with Crippen LogP contribution < -0.4 is 9.80 Å². The molecule has 1 aromatic carbocycles. The first kappa shape index (κ1) is 18.9. The lowest BCUT2D eigenvalue weighted by Crippen LogP contribution is -3.28. The molecule has 1 atom stereocenters. The van der Waals surface area contributed by atoms with Crippen LogP contribution in [0.25, 0.3) is 0 Å². The van der Waals surface area contributed by atoms with Crippen molar-refractivity contribution in [3.8, 4) is 6.07 Å². The van der Waals surface area contributed by atoms with Crippen LogP contribution in [0.5, 0.6) is 0 Å². The number of hydrogen-bond acceptors (Lipinski definition) is 2. The Bertz CT molecular complexity index is 628. The maximum absolute atomic E-state index is 12.7. The number of rotatable bonds is 5. The number of likely N-dealkylation sites (tertiary alicyclic amines) is 1. The highest BCUT2D eigenvalue weighted by Crippen LogP contribution is 2.18. The average molecular weight is 357 g/mol. The van der Waals surface area contributed by atoms with Crippen LogP contribution in [0.2, 0.25) is 0 Å². The molecule has 2 fully saturated rings. The van der Waals surface area contributed by atoms with E-state index < -0.39 is 0 Å². The van der Waals surface area contributed by atoms with Gasteiger partial charge in [-0.1, -0.05) is 19.1 Å². The molecule has 5 nitrogen and oxygen atoms in total. The summed E-state index contributed by atoms with van der Waals surface area (Å²) in [6, 6.07) is 10.6. The van der Waals surface area contributed by atoms with Gasteiger partial charge in [0.15, 0.2) is 6.54 Å². The summed E-state index contributed by atoms with van der Waals surface area (Å²) >= 11 is 0. The second kappa shape index (κ2) is 9.16. The second-order valence-electron chi connectivity index (χ2n) is 7.81. The molecular weight excluding hydrogens is 324 g/mol. The fourth-order valence-corrected chi connectivity index (χ4v) is 4.37. The van der Waals surface area contributed by atoms with E-state index in [0.29, 0.717) is 18.5 Å². The second-order valence-corrected chi connectivity index (χ2v) is 7.81. The smallest absolute Gasteiger partial charge is 0.278 e. The fourth-order valence-electron chi connectivity index (χ4n) is 4.37. The van der Waals surface area contributed by atoms with Crippen molar-refractivity contribution in [2.24, 2.45) is 0 Å². The molecule has 2 N–H and O–H groups in total. The highest BCUT2D eigenvalue weighted by molar-refractivity contribution is 5.77. The fraction of sp³-hybridized carbons (Fsp3) is 0.619. The number of piperazine rings is 1. The summed E-state index contributed by atoms with van der Waals surface area (Å²) in [4.78, 5) is 17.9. The van der Waals surface area contributed by atoms with E-state index in [2.05, 4.69) is 30.0 Å². The van der Waals surface area contributed by atoms with Gasteiger partial charge in [0.2, 0.25) is 0 Å². The van der Waals surface area contributed by atoms with Crippen molar-refractivity contribution in [2.45, 2.75) is 45.2 Å². The first-order chi connectivity index (χ1) is 12.7. The Kier molecular flexibility index (Phi) is 6.65. The van der Waals surface area contributed by atoms with Crippen LogP contribution in [0.15, 0.2) is 24.3 Å². The third kappa shape index (κ3) is 4.84. The molecule has 0 unspecified atom stereocenters. The maximum atomic E-state index is 12.7. The number of piperidine rings is 1. The van der Waals surface area contributed by atoms with E-state index in [4.69, 9.17) is 5.26 Å². The number of hydrogen-bond donors (Lipinski definition) is 2. The average Bonchev–Trinajstić information content (AvgIpc) is 2.70. The maximum Gasteiger partial charge on any atom is 0.278 e. The Morgan fingerprint density at radius 3 is 2.50 bits per heavy atom. The lowest BCUT2D eigenvalue weighted by atomic mass is 10.00. The summed E-state index contributed by atoms with van der Waals surface area (Å²) in [5.74, 6) is 0.363. The van der Waals surface area contributed by atoms with Crippen LogP contribution in [-0.4, -0.2) is 56.1 Å². The van der Waals surface area contributed by atoms with Crippen molar-refractivity contribution in [3.63, 3.8) is 0 Å². The highest BCUT2D eigenvalue weighted by atomic mass is 16.2. The molecule has 5 heteroatoms. The lowest BCUT2D eigenvalue weighted by molar-refractivity contribution is -1.02. The third-order valence-electron chi connectivity index (χ3n) is 6.02. The number of nitrogens with zero attached hydrogens (tertiary/aromatic N) is 2. The van der Waals surface area contributed by atoms with E-state index in [1.807, 2.05) is 12.1 Å². The summed E-state index contributed by atoms with van der Waals surface area (Å²) in [6.07, 6.45) is 4.70. The number of amides is 1. The summed E-state index contributed by atoms with van der Waals surface area (Å²) in [5, 5.41) is 8.89.